The number of rotatable bonds is 5. The van der Waals surface area contributed by atoms with Crippen LogP contribution >= 0.6 is 0 Å². The minimum Gasteiger partial charge on any atom is -0.478 e. The van der Waals surface area contributed by atoms with E-state index in [0.717, 1.165) is 6.42 Å². The van der Waals surface area contributed by atoms with Gasteiger partial charge in [-0.25, -0.2) is 9.59 Å². The highest BCUT2D eigenvalue weighted by molar-refractivity contribution is 6.07. The zero-order valence-corrected chi connectivity index (χ0v) is 12.0. The zero-order chi connectivity index (χ0) is 15.2. The minimum absolute atomic E-state index is 0.0128. The van der Waals surface area contributed by atoms with E-state index in [9.17, 15) is 14.4 Å². The van der Waals surface area contributed by atoms with Gasteiger partial charge in [0.15, 0.2) is 0 Å². The first-order valence-corrected chi connectivity index (χ1v) is 6.23. The summed E-state index contributed by atoms with van der Waals surface area (Å²) in [5.41, 5.74) is -0.0703. The molecule has 0 aromatic rings. The van der Waals surface area contributed by atoms with Crippen LogP contribution in [-0.4, -0.2) is 29.1 Å². The molecular weight excluding hydrogens is 248 g/mol. The number of hydrogen-bond donors (Lipinski definition) is 3. The van der Waals surface area contributed by atoms with E-state index in [4.69, 9.17) is 5.11 Å². The van der Waals surface area contributed by atoms with Crippen LogP contribution in [0.1, 0.15) is 41.0 Å². The Morgan fingerprint density at radius 1 is 1.11 bits per heavy atom. The number of imide groups is 1. The lowest BCUT2D eigenvalue weighted by Crippen LogP contribution is -2.46. The van der Waals surface area contributed by atoms with Crippen LogP contribution in [0, 0.1) is 5.92 Å². The van der Waals surface area contributed by atoms with Gasteiger partial charge in [-0.1, -0.05) is 20.3 Å². The molecule has 0 heterocycles. The van der Waals surface area contributed by atoms with E-state index < -0.39 is 17.9 Å². The third-order valence-corrected chi connectivity index (χ3v) is 3.31. The summed E-state index contributed by atoms with van der Waals surface area (Å²) >= 11 is 0. The number of carbonyl (C=O) groups is 3. The van der Waals surface area contributed by atoms with Crippen molar-refractivity contribution in [1.82, 2.24) is 10.6 Å². The van der Waals surface area contributed by atoms with Crippen molar-refractivity contribution in [2.24, 2.45) is 5.92 Å². The van der Waals surface area contributed by atoms with Crippen LogP contribution in [0.15, 0.2) is 11.1 Å². The van der Waals surface area contributed by atoms with Gasteiger partial charge < -0.3 is 10.4 Å². The fourth-order valence-corrected chi connectivity index (χ4v) is 1.27. The Hall–Kier alpha value is -1.85. The molecule has 0 radical (unpaired) electrons. The molecule has 0 aromatic heterocycles. The monoisotopic (exact) mass is 270 g/mol. The van der Waals surface area contributed by atoms with E-state index in [1.807, 2.05) is 20.8 Å². The standard InChI is InChI=1S/C13H22N2O4/c1-6-7(2)10(5)14-13(19)15-11(16)8(3)9(4)12(17)18/h7,10H,6H2,1-5H3,(H,17,18)(H2,14,15,16,19)/b9-8-. The lowest BCUT2D eigenvalue weighted by Gasteiger charge is -2.19. The lowest BCUT2D eigenvalue weighted by molar-refractivity contribution is -0.133. The predicted molar refractivity (Wildman–Crippen MR) is 71.6 cm³/mol. The molecule has 0 rings (SSSR count). The maximum Gasteiger partial charge on any atom is 0.331 e. The Morgan fingerprint density at radius 3 is 2.05 bits per heavy atom. The fraction of sp³-hybridized carbons (Fsp3) is 0.615. The average molecular weight is 270 g/mol. The first kappa shape index (κ1) is 17.2. The van der Waals surface area contributed by atoms with Gasteiger partial charge in [0.2, 0.25) is 0 Å². The maximum absolute atomic E-state index is 11.6. The Kier molecular flexibility index (Phi) is 6.82. The molecule has 0 aromatic carbocycles. The van der Waals surface area contributed by atoms with Crippen LogP contribution in [0.5, 0.6) is 0 Å². The summed E-state index contributed by atoms with van der Waals surface area (Å²) in [5.74, 6) is -1.59. The van der Waals surface area contributed by atoms with E-state index in [2.05, 4.69) is 10.6 Å². The minimum atomic E-state index is -1.18. The SMILES string of the molecule is CCC(C)C(C)NC(=O)NC(=O)/C(C)=C(/C)C(=O)O. The molecule has 3 amide bonds. The van der Waals surface area contributed by atoms with Crippen molar-refractivity contribution in [3.05, 3.63) is 11.1 Å². The summed E-state index contributed by atoms with van der Waals surface area (Å²) in [5, 5.41) is 13.5. The summed E-state index contributed by atoms with van der Waals surface area (Å²) in [6.45, 7) is 8.53. The summed E-state index contributed by atoms with van der Waals surface area (Å²) in [7, 11) is 0. The Balaban J connectivity index is 4.55. The Bertz CT molecular complexity index is 401. The molecule has 0 saturated heterocycles. The number of carboxylic acid groups (broad SMARTS) is 1. The number of aliphatic carboxylic acids is 1. The molecule has 108 valence electrons. The van der Waals surface area contributed by atoms with E-state index in [1.54, 1.807) is 0 Å². The van der Waals surface area contributed by atoms with Crippen LogP contribution in [0.2, 0.25) is 0 Å². The molecule has 0 aliphatic carbocycles. The highest BCUT2D eigenvalue weighted by Crippen LogP contribution is 2.06. The molecule has 0 spiro atoms. The maximum atomic E-state index is 11.6. The number of nitrogens with one attached hydrogen (secondary N) is 2. The van der Waals surface area contributed by atoms with Crippen molar-refractivity contribution in [1.29, 1.82) is 0 Å². The summed E-state index contributed by atoms with van der Waals surface area (Å²) in [6, 6.07) is -0.682. The lowest BCUT2D eigenvalue weighted by atomic mass is 10.0. The van der Waals surface area contributed by atoms with Gasteiger partial charge in [-0.3, -0.25) is 10.1 Å². The van der Waals surface area contributed by atoms with Crippen LogP contribution < -0.4 is 10.6 Å². The van der Waals surface area contributed by atoms with Crippen molar-refractivity contribution in [3.8, 4) is 0 Å². The second-order valence-corrected chi connectivity index (χ2v) is 4.66. The van der Waals surface area contributed by atoms with Crippen molar-refractivity contribution in [3.63, 3.8) is 0 Å². The number of carbonyl (C=O) groups excluding carboxylic acids is 2. The number of amides is 3. The van der Waals surface area contributed by atoms with Crippen LogP contribution in [-0.2, 0) is 9.59 Å². The Morgan fingerprint density at radius 2 is 1.63 bits per heavy atom. The topological polar surface area (TPSA) is 95.5 Å². The second-order valence-electron chi connectivity index (χ2n) is 4.66. The summed E-state index contributed by atoms with van der Waals surface area (Å²) < 4.78 is 0. The molecule has 0 saturated carbocycles. The third kappa shape index (κ3) is 5.54. The second kappa shape index (κ2) is 7.56. The molecule has 6 heteroatoms. The molecule has 0 bridgehead atoms. The largest absolute Gasteiger partial charge is 0.478 e. The van der Waals surface area contributed by atoms with E-state index in [0.29, 0.717) is 5.92 Å². The highest BCUT2D eigenvalue weighted by Gasteiger charge is 2.17. The molecule has 0 aliphatic rings. The van der Waals surface area contributed by atoms with Crippen molar-refractivity contribution >= 4 is 17.9 Å². The van der Waals surface area contributed by atoms with Gasteiger partial charge in [-0.15, -0.1) is 0 Å². The van der Waals surface area contributed by atoms with E-state index in [1.165, 1.54) is 13.8 Å². The van der Waals surface area contributed by atoms with Gasteiger partial charge in [0.05, 0.1) is 0 Å². The summed E-state index contributed by atoms with van der Waals surface area (Å²) in [4.78, 5) is 33.9. The highest BCUT2D eigenvalue weighted by atomic mass is 16.4. The number of urea groups is 1. The molecule has 19 heavy (non-hydrogen) atoms. The smallest absolute Gasteiger partial charge is 0.331 e. The van der Waals surface area contributed by atoms with Gasteiger partial charge in [-0.05, 0) is 26.7 Å². The Labute approximate surface area is 113 Å². The van der Waals surface area contributed by atoms with Crippen LogP contribution in [0.3, 0.4) is 0 Å². The van der Waals surface area contributed by atoms with Crippen molar-refractivity contribution in [2.45, 2.75) is 47.1 Å². The van der Waals surface area contributed by atoms with Gasteiger partial charge >= 0.3 is 12.0 Å². The van der Waals surface area contributed by atoms with Gasteiger partial charge in [-0.2, -0.15) is 0 Å². The quantitative estimate of drug-likeness (QED) is 0.662. The molecular formula is C13H22N2O4. The molecule has 6 nitrogen and oxygen atoms in total. The third-order valence-electron chi connectivity index (χ3n) is 3.31. The van der Waals surface area contributed by atoms with Gasteiger partial charge in [0.1, 0.15) is 0 Å². The number of carboxylic acids is 1. The first-order chi connectivity index (χ1) is 8.70. The molecule has 3 N–H and O–H groups in total. The normalized spacial score (nSPS) is 15.0. The van der Waals surface area contributed by atoms with Gasteiger partial charge in [0, 0.05) is 17.2 Å². The average Bonchev–Trinajstić information content (AvgIpc) is 2.35. The van der Waals surface area contributed by atoms with Crippen LogP contribution in [0.4, 0.5) is 4.79 Å². The van der Waals surface area contributed by atoms with Crippen molar-refractivity contribution < 1.29 is 19.5 Å². The fourth-order valence-electron chi connectivity index (χ4n) is 1.27. The molecule has 0 fully saturated rings. The summed E-state index contributed by atoms with van der Waals surface area (Å²) in [6.07, 6.45) is 0.909. The first-order valence-electron chi connectivity index (χ1n) is 6.23. The molecule has 0 aliphatic heterocycles. The van der Waals surface area contributed by atoms with Gasteiger partial charge in [0.25, 0.3) is 5.91 Å². The molecule has 2 atom stereocenters. The van der Waals surface area contributed by atoms with Crippen LogP contribution in [0.25, 0.3) is 0 Å². The molecule has 2 unspecified atom stereocenters. The van der Waals surface area contributed by atoms with E-state index in [-0.39, 0.29) is 17.2 Å². The van der Waals surface area contributed by atoms with Crippen molar-refractivity contribution in [2.75, 3.05) is 0 Å². The number of hydrogen-bond acceptors (Lipinski definition) is 3. The predicted octanol–water partition coefficient (Wildman–Crippen LogP) is 1.67. The van der Waals surface area contributed by atoms with E-state index >= 15 is 0 Å². The zero-order valence-electron chi connectivity index (χ0n) is 12.0.